The van der Waals surface area contributed by atoms with E-state index in [0.29, 0.717) is 23.4 Å². The zero-order chi connectivity index (χ0) is 21.4. The van der Waals surface area contributed by atoms with Crippen LogP contribution in [0.4, 0.5) is 11.4 Å². The first-order valence-electron chi connectivity index (χ1n) is 9.52. The molecule has 2 rings (SSSR count). The van der Waals surface area contributed by atoms with Crippen LogP contribution in [0.3, 0.4) is 0 Å². The summed E-state index contributed by atoms with van der Waals surface area (Å²) in [6.07, 6.45) is 0. The predicted molar refractivity (Wildman–Crippen MR) is 115 cm³/mol. The van der Waals surface area contributed by atoms with E-state index < -0.39 is 0 Å². The van der Waals surface area contributed by atoms with Gasteiger partial charge in [0, 0.05) is 34.6 Å². The van der Waals surface area contributed by atoms with Gasteiger partial charge >= 0.3 is 0 Å². The Hall–Kier alpha value is -3.35. The van der Waals surface area contributed by atoms with E-state index in [1.54, 1.807) is 48.5 Å². The largest absolute Gasteiger partial charge is 0.376 e. The van der Waals surface area contributed by atoms with Crippen LogP contribution < -0.4 is 21.3 Å². The molecule has 2 aromatic carbocycles. The van der Waals surface area contributed by atoms with Gasteiger partial charge in [-0.25, -0.2) is 0 Å². The minimum absolute atomic E-state index is 0.0762. The maximum atomic E-state index is 12.1. The summed E-state index contributed by atoms with van der Waals surface area (Å²) in [5.74, 6) is -0.505. The molecule has 0 spiro atoms. The molecule has 0 atom stereocenters. The molecule has 2 aromatic rings. The van der Waals surface area contributed by atoms with Crippen molar-refractivity contribution in [2.75, 3.05) is 23.7 Å². The number of nitrogens with one attached hydrogen (secondary N) is 4. The van der Waals surface area contributed by atoms with Crippen LogP contribution in [0.1, 0.15) is 48.4 Å². The van der Waals surface area contributed by atoms with Crippen molar-refractivity contribution in [2.45, 2.75) is 33.2 Å². The van der Waals surface area contributed by atoms with Crippen LogP contribution in [-0.4, -0.2) is 36.3 Å². The standard InChI is InChI=1S/C22H28N4O3/c1-5-23-20(28)15-6-10-17(11-7-15)24-14-19(27)25-18-12-8-16(9-13-18)21(29)26-22(2,3)4/h6-13,24H,5,14H2,1-4H3,(H,23,28)(H,25,27)(H,26,29). The maximum Gasteiger partial charge on any atom is 0.251 e. The van der Waals surface area contributed by atoms with Crippen LogP contribution in [0.2, 0.25) is 0 Å². The second-order valence-electron chi connectivity index (χ2n) is 7.62. The fourth-order valence-electron chi connectivity index (χ4n) is 2.51. The van der Waals surface area contributed by atoms with Crippen LogP contribution in [0.5, 0.6) is 0 Å². The smallest absolute Gasteiger partial charge is 0.251 e. The Kier molecular flexibility index (Phi) is 7.36. The Morgan fingerprint density at radius 1 is 0.793 bits per heavy atom. The first kappa shape index (κ1) is 21.9. The van der Waals surface area contributed by atoms with Crippen molar-refractivity contribution >= 4 is 29.1 Å². The lowest BCUT2D eigenvalue weighted by molar-refractivity contribution is -0.114. The summed E-state index contributed by atoms with van der Waals surface area (Å²) in [7, 11) is 0. The lowest BCUT2D eigenvalue weighted by Gasteiger charge is -2.20. The van der Waals surface area contributed by atoms with Crippen molar-refractivity contribution < 1.29 is 14.4 Å². The lowest BCUT2D eigenvalue weighted by Crippen LogP contribution is -2.40. The number of carbonyl (C=O) groups excluding carboxylic acids is 3. The Balaban J connectivity index is 1.85. The van der Waals surface area contributed by atoms with Crippen molar-refractivity contribution in [3.8, 4) is 0 Å². The van der Waals surface area contributed by atoms with Gasteiger partial charge in [-0.3, -0.25) is 14.4 Å². The molecule has 4 N–H and O–H groups in total. The van der Waals surface area contributed by atoms with Gasteiger partial charge < -0.3 is 21.3 Å². The molecule has 0 aliphatic rings. The molecular formula is C22H28N4O3. The van der Waals surface area contributed by atoms with Crippen molar-refractivity contribution in [3.63, 3.8) is 0 Å². The third-order valence-electron chi connectivity index (χ3n) is 3.86. The number of rotatable bonds is 7. The van der Waals surface area contributed by atoms with Crippen molar-refractivity contribution in [3.05, 3.63) is 59.7 Å². The molecule has 7 nitrogen and oxygen atoms in total. The normalized spacial score (nSPS) is 10.8. The topological polar surface area (TPSA) is 99.3 Å². The molecular weight excluding hydrogens is 368 g/mol. The van der Waals surface area contributed by atoms with Gasteiger partial charge in [0.15, 0.2) is 0 Å². The van der Waals surface area contributed by atoms with E-state index in [-0.39, 0.29) is 29.8 Å². The Labute approximate surface area is 171 Å². The number of anilines is 2. The lowest BCUT2D eigenvalue weighted by atomic mass is 10.1. The monoisotopic (exact) mass is 396 g/mol. The zero-order valence-corrected chi connectivity index (χ0v) is 17.3. The van der Waals surface area contributed by atoms with Gasteiger partial charge in [-0.05, 0) is 76.2 Å². The van der Waals surface area contributed by atoms with Crippen molar-refractivity contribution in [1.82, 2.24) is 10.6 Å². The Bertz CT molecular complexity index is 853. The fraction of sp³-hybridized carbons (Fsp3) is 0.318. The summed E-state index contributed by atoms with van der Waals surface area (Å²) >= 11 is 0. The highest BCUT2D eigenvalue weighted by Crippen LogP contribution is 2.12. The zero-order valence-electron chi connectivity index (χ0n) is 17.3. The summed E-state index contributed by atoms with van der Waals surface area (Å²) in [5.41, 5.74) is 2.13. The third-order valence-corrected chi connectivity index (χ3v) is 3.86. The van der Waals surface area contributed by atoms with Crippen LogP contribution in [0.25, 0.3) is 0 Å². The second kappa shape index (κ2) is 9.73. The van der Waals surface area contributed by atoms with Crippen LogP contribution in [-0.2, 0) is 4.79 Å². The predicted octanol–water partition coefficient (Wildman–Crippen LogP) is 3.02. The third kappa shape index (κ3) is 7.29. The first-order chi connectivity index (χ1) is 13.7. The highest BCUT2D eigenvalue weighted by atomic mass is 16.2. The molecule has 154 valence electrons. The van der Waals surface area contributed by atoms with Crippen LogP contribution in [0, 0.1) is 0 Å². The summed E-state index contributed by atoms with van der Waals surface area (Å²) in [5, 5.41) is 11.4. The molecule has 0 aliphatic carbocycles. The van der Waals surface area contributed by atoms with E-state index in [2.05, 4.69) is 21.3 Å². The van der Waals surface area contributed by atoms with E-state index in [4.69, 9.17) is 0 Å². The first-order valence-corrected chi connectivity index (χ1v) is 9.52. The molecule has 3 amide bonds. The Morgan fingerprint density at radius 2 is 1.31 bits per heavy atom. The minimum atomic E-state index is -0.312. The molecule has 0 saturated heterocycles. The van der Waals surface area contributed by atoms with Crippen LogP contribution >= 0.6 is 0 Å². The van der Waals surface area contributed by atoms with Gasteiger partial charge in [0.25, 0.3) is 11.8 Å². The summed E-state index contributed by atoms with van der Waals surface area (Å²) in [6.45, 7) is 8.26. The fourth-order valence-corrected chi connectivity index (χ4v) is 2.51. The molecule has 29 heavy (non-hydrogen) atoms. The number of benzene rings is 2. The average molecular weight is 396 g/mol. The SMILES string of the molecule is CCNC(=O)c1ccc(NCC(=O)Nc2ccc(C(=O)NC(C)(C)C)cc2)cc1. The van der Waals surface area contributed by atoms with Crippen molar-refractivity contribution in [2.24, 2.45) is 0 Å². The van der Waals surface area contributed by atoms with Crippen molar-refractivity contribution in [1.29, 1.82) is 0 Å². The quantitative estimate of drug-likeness (QED) is 0.578. The number of hydrogen-bond acceptors (Lipinski definition) is 4. The van der Waals surface area contributed by atoms with Crippen LogP contribution in [0.15, 0.2) is 48.5 Å². The number of hydrogen-bond donors (Lipinski definition) is 4. The van der Waals surface area contributed by atoms with Gasteiger partial charge in [-0.2, -0.15) is 0 Å². The van der Waals surface area contributed by atoms with Gasteiger partial charge in [0.1, 0.15) is 0 Å². The maximum absolute atomic E-state index is 12.1. The molecule has 7 heteroatoms. The molecule has 0 bridgehead atoms. The second-order valence-corrected chi connectivity index (χ2v) is 7.62. The van der Waals surface area contributed by atoms with E-state index in [0.717, 1.165) is 5.69 Å². The highest BCUT2D eigenvalue weighted by Gasteiger charge is 2.15. The number of carbonyl (C=O) groups is 3. The molecule has 0 unspecified atom stereocenters. The molecule has 0 radical (unpaired) electrons. The van der Waals surface area contributed by atoms with E-state index in [1.165, 1.54) is 0 Å². The van der Waals surface area contributed by atoms with Gasteiger partial charge in [0.2, 0.25) is 5.91 Å². The summed E-state index contributed by atoms with van der Waals surface area (Å²) in [4.78, 5) is 36.0. The van der Waals surface area contributed by atoms with E-state index >= 15 is 0 Å². The van der Waals surface area contributed by atoms with Gasteiger partial charge in [-0.15, -0.1) is 0 Å². The average Bonchev–Trinajstić information content (AvgIpc) is 2.66. The van der Waals surface area contributed by atoms with Gasteiger partial charge in [0.05, 0.1) is 6.54 Å². The molecule has 0 aromatic heterocycles. The van der Waals surface area contributed by atoms with E-state index in [9.17, 15) is 14.4 Å². The van der Waals surface area contributed by atoms with E-state index in [1.807, 2.05) is 27.7 Å². The summed E-state index contributed by atoms with van der Waals surface area (Å²) < 4.78 is 0. The molecule has 0 aliphatic heterocycles. The summed E-state index contributed by atoms with van der Waals surface area (Å²) in [6, 6.07) is 13.6. The Morgan fingerprint density at radius 3 is 1.83 bits per heavy atom. The minimum Gasteiger partial charge on any atom is -0.376 e. The molecule has 0 heterocycles. The molecule has 0 saturated carbocycles. The number of amides is 3. The van der Waals surface area contributed by atoms with Gasteiger partial charge in [-0.1, -0.05) is 0 Å². The molecule has 0 fully saturated rings. The highest BCUT2D eigenvalue weighted by molar-refractivity contribution is 5.97.